The molecule has 0 fully saturated rings. The first-order chi connectivity index (χ1) is 16.2. The van der Waals surface area contributed by atoms with E-state index in [4.69, 9.17) is 0 Å². The Bertz CT molecular complexity index is 1100. The van der Waals surface area contributed by atoms with Gasteiger partial charge in [-0.2, -0.15) is 0 Å². The van der Waals surface area contributed by atoms with Crippen LogP contribution in [0.2, 0.25) is 0 Å². The van der Waals surface area contributed by atoms with Crippen LogP contribution in [0.4, 0.5) is 0 Å². The average molecular weight is 486 g/mol. The lowest BCUT2D eigenvalue weighted by Crippen LogP contribution is -2.25. The van der Waals surface area contributed by atoms with Gasteiger partial charge in [0.15, 0.2) is 0 Å². The second-order valence-corrected chi connectivity index (χ2v) is 10.8. The van der Waals surface area contributed by atoms with Crippen LogP contribution in [0, 0.1) is 0 Å². The largest absolute Gasteiger partial charge is 0.508 e. The van der Waals surface area contributed by atoms with Gasteiger partial charge in [-0.1, -0.05) is 73.4 Å². The van der Waals surface area contributed by atoms with Crippen LogP contribution in [0.1, 0.15) is 76.5 Å². The number of nitrogens with one attached hydrogen (secondary N) is 1. The number of sulfonamides is 1. The van der Waals surface area contributed by atoms with Crippen molar-refractivity contribution in [1.29, 1.82) is 0 Å². The predicted molar refractivity (Wildman–Crippen MR) is 140 cm³/mol. The molecular formula is C28H39NO4S. The smallest absolute Gasteiger partial charge is 0.244 e. The zero-order valence-corrected chi connectivity index (χ0v) is 21.7. The first-order valence-corrected chi connectivity index (χ1v) is 13.5. The van der Waals surface area contributed by atoms with Gasteiger partial charge in [-0.15, -0.1) is 0 Å². The van der Waals surface area contributed by atoms with E-state index in [9.17, 15) is 18.6 Å². The SMILES string of the molecule is CCCCCc1cc(O)c(C/C=C(\C)CCC=C(C)C)c(O)c1S(=O)(=O)NCc1ccccc1. The van der Waals surface area contributed by atoms with E-state index in [2.05, 4.69) is 31.6 Å². The number of aryl methyl sites for hydroxylation is 1. The fourth-order valence-electron chi connectivity index (χ4n) is 3.79. The number of phenols is 2. The van der Waals surface area contributed by atoms with E-state index >= 15 is 0 Å². The van der Waals surface area contributed by atoms with Crippen molar-refractivity contribution < 1.29 is 18.6 Å². The molecule has 0 saturated carbocycles. The summed E-state index contributed by atoms with van der Waals surface area (Å²) in [6.07, 6.45) is 9.32. The Labute approximate surface area is 205 Å². The summed E-state index contributed by atoms with van der Waals surface area (Å²) in [7, 11) is -4.00. The Morgan fingerprint density at radius 2 is 1.74 bits per heavy atom. The third-order valence-corrected chi connectivity index (χ3v) is 7.30. The number of allylic oxidation sites excluding steroid dienone is 4. The van der Waals surface area contributed by atoms with Crippen molar-refractivity contribution >= 4 is 10.0 Å². The number of rotatable bonds is 13. The Morgan fingerprint density at radius 1 is 1.03 bits per heavy atom. The molecule has 0 radical (unpaired) electrons. The molecule has 0 bridgehead atoms. The maximum absolute atomic E-state index is 13.3. The fourth-order valence-corrected chi connectivity index (χ4v) is 5.18. The lowest BCUT2D eigenvalue weighted by molar-refractivity contribution is 0.426. The summed E-state index contributed by atoms with van der Waals surface area (Å²) in [5, 5.41) is 21.8. The van der Waals surface area contributed by atoms with Gasteiger partial charge in [-0.05, 0) is 70.1 Å². The van der Waals surface area contributed by atoms with Crippen LogP contribution in [-0.4, -0.2) is 18.6 Å². The minimum Gasteiger partial charge on any atom is -0.508 e. The van der Waals surface area contributed by atoms with Crippen LogP contribution < -0.4 is 4.72 Å². The van der Waals surface area contributed by atoms with E-state index < -0.39 is 10.0 Å². The van der Waals surface area contributed by atoms with Crippen LogP contribution >= 0.6 is 0 Å². The van der Waals surface area contributed by atoms with Crippen LogP contribution in [0.3, 0.4) is 0 Å². The lowest BCUT2D eigenvalue weighted by Gasteiger charge is -2.17. The Hall–Kier alpha value is -2.57. The van der Waals surface area contributed by atoms with Crippen molar-refractivity contribution in [2.45, 2.75) is 84.1 Å². The first-order valence-electron chi connectivity index (χ1n) is 12.0. The summed E-state index contributed by atoms with van der Waals surface area (Å²) in [5.74, 6) is -0.431. The molecule has 186 valence electrons. The van der Waals surface area contributed by atoms with E-state index in [1.54, 1.807) is 0 Å². The highest BCUT2D eigenvalue weighted by molar-refractivity contribution is 7.89. The molecule has 0 heterocycles. The summed E-state index contributed by atoms with van der Waals surface area (Å²) in [6, 6.07) is 10.8. The summed E-state index contributed by atoms with van der Waals surface area (Å²) < 4.78 is 29.2. The van der Waals surface area contributed by atoms with E-state index in [0.29, 0.717) is 12.0 Å². The second kappa shape index (κ2) is 13.4. The highest BCUT2D eigenvalue weighted by atomic mass is 32.2. The van der Waals surface area contributed by atoms with Gasteiger partial charge in [0.05, 0.1) is 0 Å². The van der Waals surface area contributed by atoms with Gasteiger partial charge in [0.1, 0.15) is 16.4 Å². The van der Waals surface area contributed by atoms with Crippen molar-refractivity contribution in [3.8, 4) is 11.5 Å². The van der Waals surface area contributed by atoms with Gasteiger partial charge in [0, 0.05) is 12.1 Å². The maximum Gasteiger partial charge on any atom is 0.244 e. The molecule has 0 saturated heterocycles. The second-order valence-electron chi connectivity index (χ2n) is 9.05. The van der Waals surface area contributed by atoms with Gasteiger partial charge in [-0.3, -0.25) is 0 Å². The molecule has 0 amide bonds. The molecular weight excluding hydrogens is 446 g/mol. The Morgan fingerprint density at radius 3 is 2.38 bits per heavy atom. The van der Waals surface area contributed by atoms with Crippen LogP contribution in [0.25, 0.3) is 0 Å². The van der Waals surface area contributed by atoms with Gasteiger partial charge in [0.2, 0.25) is 10.0 Å². The average Bonchev–Trinajstić information content (AvgIpc) is 2.78. The van der Waals surface area contributed by atoms with E-state index in [0.717, 1.165) is 43.2 Å². The molecule has 6 heteroatoms. The summed E-state index contributed by atoms with van der Waals surface area (Å²) >= 11 is 0. The first kappa shape index (κ1) is 27.7. The number of benzene rings is 2. The predicted octanol–water partition coefficient (Wildman–Crippen LogP) is 6.54. The van der Waals surface area contributed by atoms with Gasteiger partial charge in [0.25, 0.3) is 0 Å². The molecule has 5 nitrogen and oxygen atoms in total. The Balaban J connectivity index is 2.37. The lowest BCUT2D eigenvalue weighted by atomic mass is 10.00. The molecule has 34 heavy (non-hydrogen) atoms. The van der Waals surface area contributed by atoms with Crippen LogP contribution in [-0.2, 0) is 29.4 Å². The normalized spacial score (nSPS) is 12.1. The zero-order chi connectivity index (χ0) is 25.1. The van der Waals surface area contributed by atoms with Crippen molar-refractivity contribution in [3.63, 3.8) is 0 Å². The molecule has 0 aliphatic heterocycles. The molecule has 3 N–H and O–H groups in total. The zero-order valence-electron chi connectivity index (χ0n) is 20.9. The quantitative estimate of drug-likeness (QED) is 0.222. The third-order valence-electron chi connectivity index (χ3n) is 5.79. The highest BCUT2D eigenvalue weighted by Gasteiger charge is 2.27. The molecule has 2 aromatic carbocycles. The van der Waals surface area contributed by atoms with Crippen LogP contribution in [0.15, 0.2) is 64.6 Å². The van der Waals surface area contributed by atoms with E-state index in [1.165, 1.54) is 11.6 Å². The number of hydrogen-bond acceptors (Lipinski definition) is 4. The van der Waals surface area contributed by atoms with Gasteiger partial charge < -0.3 is 10.2 Å². The summed E-state index contributed by atoms with van der Waals surface area (Å²) in [6.45, 7) is 8.32. The van der Waals surface area contributed by atoms with Crippen LogP contribution in [0.5, 0.6) is 11.5 Å². The molecule has 0 aromatic heterocycles. The van der Waals surface area contributed by atoms with E-state index in [-0.39, 0.29) is 34.9 Å². The Kier molecular flexibility index (Phi) is 10.9. The monoisotopic (exact) mass is 485 g/mol. The molecule has 0 aliphatic rings. The van der Waals surface area contributed by atoms with Gasteiger partial charge in [-0.25, -0.2) is 13.1 Å². The molecule has 0 aliphatic carbocycles. The molecule has 2 rings (SSSR count). The number of aromatic hydroxyl groups is 2. The van der Waals surface area contributed by atoms with Crippen molar-refractivity contribution in [2.24, 2.45) is 0 Å². The maximum atomic E-state index is 13.3. The topological polar surface area (TPSA) is 86.6 Å². The summed E-state index contributed by atoms with van der Waals surface area (Å²) in [5.41, 5.74) is 3.89. The highest BCUT2D eigenvalue weighted by Crippen LogP contribution is 2.38. The van der Waals surface area contributed by atoms with Crippen molar-refractivity contribution in [2.75, 3.05) is 0 Å². The molecule has 0 spiro atoms. The number of phenolic OH excluding ortho intramolecular Hbond substituents is 2. The number of hydrogen-bond donors (Lipinski definition) is 3. The minimum atomic E-state index is -4.00. The summed E-state index contributed by atoms with van der Waals surface area (Å²) in [4.78, 5) is -0.122. The third kappa shape index (κ3) is 8.33. The van der Waals surface area contributed by atoms with Crippen molar-refractivity contribution in [1.82, 2.24) is 4.72 Å². The number of unbranched alkanes of at least 4 members (excludes halogenated alkanes) is 2. The minimum absolute atomic E-state index is 0.0700. The van der Waals surface area contributed by atoms with Gasteiger partial charge >= 0.3 is 0 Å². The van der Waals surface area contributed by atoms with Crippen molar-refractivity contribution in [3.05, 3.63) is 76.4 Å². The molecule has 0 atom stereocenters. The fraction of sp³-hybridized carbons (Fsp3) is 0.429. The molecule has 2 aromatic rings. The standard InChI is InChI=1S/C28H39NO4S/c1-5-6-8-16-24-19-26(30)25(18-17-22(4)13-11-12-21(2)3)27(31)28(24)34(32,33)29-20-23-14-9-7-10-15-23/h7,9-10,12,14-15,17,19,29-31H,5-6,8,11,13,16,18,20H2,1-4H3/b22-17+. The molecule has 0 unspecified atom stereocenters. The van der Waals surface area contributed by atoms with E-state index in [1.807, 2.05) is 43.3 Å².